The van der Waals surface area contributed by atoms with Crippen LogP contribution in [0.4, 0.5) is 0 Å². The molecule has 1 N–H and O–H groups in total. The van der Waals surface area contributed by atoms with Gasteiger partial charge in [0.15, 0.2) is 0 Å². The number of unbranched alkanes of at least 4 members (excludes halogenated alkanes) is 25. The van der Waals surface area contributed by atoms with Crippen molar-refractivity contribution < 1.29 is 19.1 Å². The first-order valence-corrected chi connectivity index (χ1v) is 21.6. The lowest BCUT2D eigenvalue weighted by Crippen LogP contribution is -2.16. The molecule has 0 amide bonds. The van der Waals surface area contributed by atoms with E-state index in [4.69, 9.17) is 9.47 Å². The van der Waals surface area contributed by atoms with E-state index in [2.05, 4.69) is 33.0 Å². The summed E-state index contributed by atoms with van der Waals surface area (Å²) in [5.74, 6) is -0.000367. The van der Waals surface area contributed by atoms with Crippen molar-refractivity contribution in [3.8, 4) is 0 Å². The maximum Gasteiger partial charge on any atom is 0.305 e. The van der Waals surface area contributed by atoms with Gasteiger partial charge in [-0.25, -0.2) is 0 Å². The Bertz CT molecular complexity index is 583. The van der Waals surface area contributed by atoms with Gasteiger partial charge < -0.3 is 14.8 Å². The van der Waals surface area contributed by atoms with Crippen LogP contribution in [0.1, 0.15) is 240 Å². The van der Waals surface area contributed by atoms with E-state index in [1.54, 1.807) is 0 Å². The molecule has 48 heavy (non-hydrogen) atoms. The van der Waals surface area contributed by atoms with Gasteiger partial charge in [0.2, 0.25) is 0 Å². The van der Waals surface area contributed by atoms with E-state index in [0.717, 1.165) is 45.2 Å². The summed E-state index contributed by atoms with van der Waals surface area (Å²) in [6.45, 7) is 12.5. The van der Waals surface area contributed by atoms with E-state index in [1.165, 1.54) is 173 Å². The average molecular weight is 682 g/mol. The van der Waals surface area contributed by atoms with Crippen molar-refractivity contribution in [3.05, 3.63) is 0 Å². The molecule has 0 aliphatic heterocycles. The quantitative estimate of drug-likeness (QED) is 0.0397. The normalized spacial score (nSPS) is 11.0. The van der Waals surface area contributed by atoms with Crippen molar-refractivity contribution in [2.45, 2.75) is 246 Å². The van der Waals surface area contributed by atoms with E-state index in [-0.39, 0.29) is 12.1 Å². The van der Waals surface area contributed by atoms with E-state index in [1.807, 2.05) is 0 Å². The second kappa shape index (κ2) is 45.9. The lowest BCUT2D eigenvalue weighted by Gasteiger charge is -2.15. The summed E-state index contributed by atoms with van der Waals surface area (Å²) in [4.78, 5) is 22.3. The van der Waals surface area contributed by atoms with Crippen molar-refractivity contribution in [2.24, 2.45) is 0 Å². The molecule has 0 aliphatic rings. The fourth-order valence-electron chi connectivity index (χ4n) is 6.19. The second-order valence-electron chi connectivity index (χ2n) is 14.3. The molecule has 0 aromatic rings. The topological polar surface area (TPSA) is 64.6 Å². The number of nitrogens with one attached hydrogen (secondary N) is 1. The predicted octanol–water partition coefficient (Wildman–Crippen LogP) is 13.6. The van der Waals surface area contributed by atoms with Crippen LogP contribution in [0.3, 0.4) is 0 Å². The Morgan fingerprint density at radius 2 is 0.833 bits per heavy atom. The summed E-state index contributed by atoms with van der Waals surface area (Å²) >= 11 is 0. The van der Waals surface area contributed by atoms with Crippen LogP contribution < -0.4 is 5.32 Å². The summed E-state index contributed by atoms with van der Waals surface area (Å²) in [5.41, 5.74) is 0. The third-order valence-corrected chi connectivity index (χ3v) is 9.46. The summed E-state index contributed by atoms with van der Waals surface area (Å²) in [7, 11) is 0. The number of hydrogen-bond acceptors (Lipinski definition) is 5. The minimum Gasteiger partial charge on any atom is -0.466 e. The van der Waals surface area contributed by atoms with Crippen molar-refractivity contribution >= 4 is 12.4 Å². The van der Waals surface area contributed by atoms with Crippen LogP contribution in [0.5, 0.6) is 0 Å². The third kappa shape index (κ3) is 44.9. The molecule has 0 fully saturated rings. The number of rotatable bonds is 39. The molecule has 0 saturated heterocycles. The molecular formula is C43H87NO4. The number of carbonyl (C=O) groups excluding carboxylic acids is 2. The molecule has 0 bridgehead atoms. The van der Waals surface area contributed by atoms with Crippen molar-refractivity contribution in [1.82, 2.24) is 5.32 Å². The van der Waals surface area contributed by atoms with Crippen LogP contribution in [-0.4, -0.2) is 38.2 Å². The molecule has 288 valence electrons. The van der Waals surface area contributed by atoms with E-state index < -0.39 is 0 Å². The summed E-state index contributed by atoms with van der Waals surface area (Å²) < 4.78 is 10.6. The fraction of sp³-hybridized carbons (Fsp3) is 0.953. The predicted molar refractivity (Wildman–Crippen MR) is 210 cm³/mol. The Labute approximate surface area is 301 Å². The highest BCUT2D eigenvalue weighted by molar-refractivity contribution is 5.69. The molecule has 0 aliphatic carbocycles. The number of esters is 1. The first kappa shape index (κ1) is 49.0. The zero-order valence-corrected chi connectivity index (χ0v) is 33.2. The molecular weight excluding hydrogens is 594 g/mol. The van der Waals surface area contributed by atoms with Gasteiger partial charge in [-0.3, -0.25) is 9.59 Å². The van der Waals surface area contributed by atoms with Gasteiger partial charge in [0.1, 0.15) is 6.10 Å². The SMILES string of the molecule is CCCCCCCCC(CCCCCCCC)OC=O.CCCCCCCCCCCOC(=O)CCCCCNCCCCCCCC. The molecule has 0 rings (SSSR count). The summed E-state index contributed by atoms with van der Waals surface area (Å²) in [6.07, 6.45) is 41.7. The van der Waals surface area contributed by atoms with Crippen LogP contribution >= 0.6 is 0 Å². The molecule has 0 unspecified atom stereocenters. The van der Waals surface area contributed by atoms with E-state index >= 15 is 0 Å². The first-order chi connectivity index (χ1) is 23.7. The Kier molecular flexibility index (Phi) is 46.9. The third-order valence-electron chi connectivity index (χ3n) is 9.46. The highest BCUT2D eigenvalue weighted by Crippen LogP contribution is 2.16. The molecule has 5 nitrogen and oxygen atoms in total. The monoisotopic (exact) mass is 682 g/mol. The van der Waals surface area contributed by atoms with Gasteiger partial charge in [0.25, 0.3) is 6.47 Å². The molecule has 0 aromatic heterocycles. The van der Waals surface area contributed by atoms with Crippen molar-refractivity contribution in [1.29, 1.82) is 0 Å². The van der Waals surface area contributed by atoms with Gasteiger partial charge in [0, 0.05) is 6.42 Å². The highest BCUT2D eigenvalue weighted by atomic mass is 16.5. The number of carbonyl (C=O) groups is 2. The van der Waals surface area contributed by atoms with Gasteiger partial charge in [0.05, 0.1) is 6.61 Å². The average Bonchev–Trinajstić information content (AvgIpc) is 3.09. The van der Waals surface area contributed by atoms with Crippen LogP contribution in [-0.2, 0) is 19.1 Å². The molecule has 0 atom stereocenters. The Hall–Kier alpha value is -1.10. The maximum atomic E-state index is 11.7. The summed E-state index contributed by atoms with van der Waals surface area (Å²) in [6, 6.07) is 0. The zero-order chi connectivity index (χ0) is 35.4. The fourth-order valence-corrected chi connectivity index (χ4v) is 6.19. The lowest BCUT2D eigenvalue weighted by atomic mass is 10.0. The Balaban J connectivity index is 0. The van der Waals surface area contributed by atoms with Crippen LogP contribution in [0.15, 0.2) is 0 Å². The highest BCUT2D eigenvalue weighted by Gasteiger charge is 2.08. The van der Waals surface area contributed by atoms with E-state index in [0.29, 0.717) is 19.5 Å². The molecule has 0 aromatic carbocycles. The zero-order valence-electron chi connectivity index (χ0n) is 33.2. The largest absolute Gasteiger partial charge is 0.466 e. The standard InChI is InChI=1S/C25H51NO2.C18H36O2/c1-3-5-7-9-11-12-13-15-20-24-28-25(27)21-17-16-19-23-26-22-18-14-10-8-6-4-2;1-3-5-7-9-11-13-15-18(20-17-19)16-14-12-10-8-6-4-2/h26H,3-24H2,1-2H3;17-18H,3-16H2,1-2H3. The first-order valence-electron chi connectivity index (χ1n) is 21.6. The number of hydrogen-bond donors (Lipinski definition) is 1. The van der Waals surface area contributed by atoms with Crippen molar-refractivity contribution in [2.75, 3.05) is 19.7 Å². The van der Waals surface area contributed by atoms with Crippen LogP contribution in [0.25, 0.3) is 0 Å². The lowest BCUT2D eigenvalue weighted by molar-refractivity contribution is -0.144. The van der Waals surface area contributed by atoms with Gasteiger partial charge in [-0.15, -0.1) is 0 Å². The molecule has 0 heterocycles. The van der Waals surface area contributed by atoms with Gasteiger partial charge >= 0.3 is 5.97 Å². The Morgan fingerprint density at radius 1 is 0.479 bits per heavy atom. The van der Waals surface area contributed by atoms with Crippen LogP contribution in [0, 0.1) is 0 Å². The van der Waals surface area contributed by atoms with Gasteiger partial charge in [-0.1, -0.05) is 182 Å². The molecule has 0 spiro atoms. The Morgan fingerprint density at radius 3 is 1.25 bits per heavy atom. The van der Waals surface area contributed by atoms with E-state index in [9.17, 15) is 9.59 Å². The minimum atomic E-state index is -0.000367. The molecule has 0 radical (unpaired) electrons. The smallest absolute Gasteiger partial charge is 0.305 e. The minimum absolute atomic E-state index is 0.000367. The second-order valence-corrected chi connectivity index (χ2v) is 14.3. The maximum absolute atomic E-state index is 11.7. The van der Waals surface area contributed by atoms with Gasteiger partial charge in [-0.05, 0) is 64.5 Å². The van der Waals surface area contributed by atoms with Crippen LogP contribution in [0.2, 0.25) is 0 Å². The summed E-state index contributed by atoms with van der Waals surface area (Å²) in [5, 5.41) is 3.52. The molecule has 5 heteroatoms. The van der Waals surface area contributed by atoms with Crippen molar-refractivity contribution in [3.63, 3.8) is 0 Å². The van der Waals surface area contributed by atoms with Gasteiger partial charge in [-0.2, -0.15) is 0 Å². The molecule has 0 saturated carbocycles. The number of ether oxygens (including phenoxy) is 2.